The fourth-order valence-electron chi connectivity index (χ4n) is 4.86. The van der Waals surface area contributed by atoms with Crippen LogP contribution in [0, 0.1) is 18.7 Å². The third-order valence-corrected chi connectivity index (χ3v) is 7.92. The summed E-state index contributed by atoms with van der Waals surface area (Å²) in [6.45, 7) is 6.99. The lowest BCUT2D eigenvalue weighted by Gasteiger charge is -2.27. The number of nitrogens with zero attached hydrogens (tertiary/aromatic N) is 8. The molecule has 10 nitrogen and oxygen atoms in total. The lowest BCUT2D eigenvalue weighted by Crippen LogP contribution is -2.41. The summed E-state index contributed by atoms with van der Waals surface area (Å²) in [5, 5.41) is 9.05. The molecular weight excluding hydrogens is 625 g/mol. The summed E-state index contributed by atoms with van der Waals surface area (Å²) < 4.78 is 13.9. The summed E-state index contributed by atoms with van der Waals surface area (Å²) in [6.07, 6.45) is 16.1. The van der Waals surface area contributed by atoms with Gasteiger partial charge in [0, 0.05) is 54.9 Å². The van der Waals surface area contributed by atoms with Crippen molar-refractivity contribution in [2.75, 3.05) is 51.2 Å². The van der Waals surface area contributed by atoms with Crippen molar-refractivity contribution in [2.24, 2.45) is 0 Å². The molecule has 1 saturated heterocycles. The van der Waals surface area contributed by atoms with Gasteiger partial charge in [0.25, 0.3) is 0 Å². The second kappa shape index (κ2) is 15.8. The maximum atomic E-state index is 13.0. The number of aromatic amines is 1. The van der Waals surface area contributed by atoms with Gasteiger partial charge in [0.15, 0.2) is 11.6 Å². The number of fused-ring (bicyclic) bond motifs is 2. The van der Waals surface area contributed by atoms with Crippen LogP contribution in [0.1, 0.15) is 19.8 Å². The standard InChI is InChI=1S/C21H28FN5O.C9H5BrN4.C2H2/c1-3-27(13-12-25(2)20(28)16-26-10-4-5-11-26)19-8-6-17(7-9-19)21-23-14-18(22)15-24-21;10-9-6-2-7-5(3-11-4-12-7)1-8(6)13-14-9;1-2/h6-9,14-15H,3-5,10-13,16H2,1-2H3;1-4H,(H,13,14);1-2H. The molecule has 3 aromatic heterocycles. The van der Waals surface area contributed by atoms with Gasteiger partial charge in [-0.05, 0) is 85.2 Å². The molecule has 0 bridgehead atoms. The van der Waals surface area contributed by atoms with E-state index in [9.17, 15) is 9.18 Å². The van der Waals surface area contributed by atoms with Crippen molar-refractivity contribution in [1.82, 2.24) is 39.9 Å². The molecular formula is C32H35BrFN9O. The molecule has 0 atom stereocenters. The molecule has 0 radical (unpaired) electrons. The minimum Gasteiger partial charge on any atom is -0.370 e. The first kappa shape index (κ1) is 32.4. The Balaban J connectivity index is 0.000000229. The zero-order valence-electron chi connectivity index (χ0n) is 24.8. The molecule has 1 aliphatic rings. The number of halogens is 2. The number of carbonyl (C=O) groups excluding carboxylic acids is 1. The second-order valence-corrected chi connectivity index (χ2v) is 10.9. The molecule has 4 heterocycles. The summed E-state index contributed by atoms with van der Waals surface area (Å²) in [5.74, 6) is 0.242. The predicted octanol–water partition coefficient (Wildman–Crippen LogP) is 5.18. The van der Waals surface area contributed by atoms with Crippen LogP contribution in [-0.2, 0) is 4.79 Å². The third-order valence-electron chi connectivity index (χ3n) is 7.31. The number of carbonyl (C=O) groups is 1. The van der Waals surface area contributed by atoms with Crippen molar-refractivity contribution in [1.29, 1.82) is 0 Å². The fraction of sp³-hybridized carbons (Fsp3) is 0.312. The predicted molar refractivity (Wildman–Crippen MR) is 175 cm³/mol. The summed E-state index contributed by atoms with van der Waals surface area (Å²) in [6, 6.07) is 11.8. The van der Waals surface area contributed by atoms with Gasteiger partial charge in [-0.1, -0.05) is 0 Å². The molecule has 1 aliphatic heterocycles. The second-order valence-electron chi connectivity index (χ2n) is 10.1. The smallest absolute Gasteiger partial charge is 0.236 e. The molecule has 44 heavy (non-hydrogen) atoms. The van der Waals surface area contributed by atoms with Crippen LogP contribution in [0.25, 0.3) is 33.2 Å². The van der Waals surface area contributed by atoms with Gasteiger partial charge in [-0.2, -0.15) is 5.10 Å². The van der Waals surface area contributed by atoms with Crippen molar-refractivity contribution in [3.63, 3.8) is 0 Å². The highest BCUT2D eigenvalue weighted by Crippen LogP contribution is 2.25. The Kier molecular flexibility index (Phi) is 11.7. The van der Waals surface area contributed by atoms with Crippen molar-refractivity contribution in [3.8, 4) is 24.2 Å². The molecule has 12 heteroatoms. The number of rotatable bonds is 8. The highest BCUT2D eigenvalue weighted by atomic mass is 79.9. The van der Waals surface area contributed by atoms with Crippen molar-refractivity contribution in [2.45, 2.75) is 19.8 Å². The van der Waals surface area contributed by atoms with Gasteiger partial charge in [-0.15, -0.1) is 12.8 Å². The number of hydrogen-bond donors (Lipinski definition) is 1. The zero-order chi connectivity index (χ0) is 31.5. The largest absolute Gasteiger partial charge is 0.370 e. The molecule has 0 saturated carbocycles. The van der Waals surface area contributed by atoms with E-state index in [0.717, 1.165) is 63.8 Å². The maximum absolute atomic E-state index is 13.0. The van der Waals surface area contributed by atoms with E-state index in [0.29, 0.717) is 18.9 Å². The first-order valence-electron chi connectivity index (χ1n) is 14.3. The number of likely N-dealkylation sites (tertiary alicyclic amines) is 1. The van der Waals surface area contributed by atoms with Gasteiger partial charge in [0.05, 0.1) is 30.0 Å². The quantitative estimate of drug-likeness (QED) is 0.227. The number of likely N-dealkylation sites (N-methyl/N-ethyl adjacent to an activating group) is 2. The van der Waals surface area contributed by atoms with Crippen LogP contribution in [0.5, 0.6) is 0 Å². The van der Waals surface area contributed by atoms with E-state index in [-0.39, 0.29) is 5.91 Å². The van der Waals surface area contributed by atoms with Crippen LogP contribution in [0.4, 0.5) is 10.1 Å². The normalized spacial score (nSPS) is 12.7. The lowest BCUT2D eigenvalue weighted by atomic mass is 10.2. The van der Waals surface area contributed by atoms with Gasteiger partial charge < -0.3 is 9.80 Å². The molecule has 0 aliphatic carbocycles. The third kappa shape index (κ3) is 8.33. The van der Waals surface area contributed by atoms with Gasteiger partial charge in [0.1, 0.15) is 10.9 Å². The van der Waals surface area contributed by atoms with Crippen molar-refractivity contribution in [3.05, 3.63) is 71.7 Å². The number of hydrogen-bond acceptors (Lipinski definition) is 8. The van der Waals surface area contributed by atoms with Gasteiger partial charge in [0.2, 0.25) is 5.91 Å². The van der Waals surface area contributed by atoms with E-state index in [1.807, 2.05) is 48.3 Å². The van der Waals surface area contributed by atoms with E-state index < -0.39 is 5.82 Å². The SMILES string of the molecule is Brc1[nH]nc2cc3cncnc3cc12.C#C.CCN(CCN(C)C(=O)CN1CCCC1)c1ccc(-c2ncc(F)cn2)cc1. The Bertz CT molecular complexity index is 1670. The lowest BCUT2D eigenvalue weighted by molar-refractivity contribution is -0.130. The molecule has 5 aromatic rings. The van der Waals surface area contributed by atoms with Gasteiger partial charge >= 0.3 is 0 Å². The van der Waals surface area contributed by atoms with Crippen LogP contribution in [-0.4, -0.2) is 92.2 Å². The Morgan fingerprint density at radius 3 is 2.41 bits per heavy atom. The molecule has 0 spiro atoms. The van der Waals surface area contributed by atoms with Crippen LogP contribution >= 0.6 is 15.9 Å². The summed E-state index contributed by atoms with van der Waals surface area (Å²) >= 11 is 3.39. The monoisotopic (exact) mass is 659 g/mol. The average molecular weight is 661 g/mol. The molecule has 6 rings (SSSR count). The Morgan fingerprint density at radius 1 is 1.02 bits per heavy atom. The Morgan fingerprint density at radius 2 is 1.73 bits per heavy atom. The highest BCUT2D eigenvalue weighted by Gasteiger charge is 2.18. The van der Waals surface area contributed by atoms with Crippen LogP contribution in [0.3, 0.4) is 0 Å². The summed E-state index contributed by atoms with van der Waals surface area (Å²) in [7, 11) is 1.88. The van der Waals surface area contributed by atoms with Crippen molar-refractivity contribution < 1.29 is 9.18 Å². The Hall–Kier alpha value is -4.47. The topological polar surface area (TPSA) is 107 Å². The number of amides is 1. The molecule has 1 N–H and O–H groups in total. The van der Waals surface area contributed by atoms with E-state index in [1.54, 1.807) is 12.5 Å². The van der Waals surface area contributed by atoms with E-state index in [2.05, 4.69) is 75.6 Å². The fourth-order valence-corrected chi connectivity index (χ4v) is 5.26. The van der Waals surface area contributed by atoms with Gasteiger partial charge in [-0.3, -0.25) is 14.8 Å². The maximum Gasteiger partial charge on any atom is 0.236 e. The number of aromatic nitrogens is 6. The average Bonchev–Trinajstić information content (AvgIpc) is 3.71. The van der Waals surface area contributed by atoms with Crippen molar-refractivity contribution >= 4 is 49.3 Å². The molecule has 2 aromatic carbocycles. The van der Waals surface area contributed by atoms with E-state index in [1.165, 1.54) is 25.2 Å². The van der Waals surface area contributed by atoms with Crippen LogP contribution < -0.4 is 4.90 Å². The molecule has 228 valence electrons. The molecule has 0 unspecified atom stereocenters. The number of nitrogens with one attached hydrogen (secondary N) is 1. The highest BCUT2D eigenvalue weighted by molar-refractivity contribution is 9.10. The van der Waals surface area contributed by atoms with E-state index in [4.69, 9.17) is 0 Å². The minimum absolute atomic E-state index is 0.182. The van der Waals surface area contributed by atoms with Crippen LogP contribution in [0.15, 0.2) is 65.9 Å². The number of H-pyrrole nitrogens is 1. The number of anilines is 1. The van der Waals surface area contributed by atoms with Crippen LogP contribution in [0.2, 0.25) is 0 Å². The molecule has 1 fully saturated rings. The summed E-state index contributed by atoms with van der Waals surface area (Å²) in [5.41, 5.74) is 3.76. The first-order valence-corrected chi connectivity index (χ1v) is 15.1. The Labute approximate surface area is 264 Å². The first-order chi connectivity index (χ1) is 21.4. The zero-order valence-corrected chi connectivity index (χ0v) is 26.4. The van der Waals surface area contributed by atoms with Gasteiger partial charge in [-0.25, -0.2) is 24.3 Å². The molecule has 1 amide bonds. The minimum atomic E-state index is -0.444. The number of benzene rings is 2. The van der Waals surface area contributed by atoms with E-state index >= 15 is 0 Å². The number of terminal acetylenes is 1. The summed E-state index contributed by atoms with van der Waals surface area (Å²) in [4.78, 5) is 34.8.